The Hall–Kier alpha value is -2.76. The smallest absolute Gasteiger partial charge is 0.240 e. The fourth-order valence-corrected chi connectivity index (χ4v) is 3.88. The molecule has 1 aromatic rings. The summed E-state index contributed by atoms with van der Waals surface area (Å²) in [5.74, 6) is 1.03. The average Bonchev–Trinajstić information content (AvgIpc) is 3.31. The molecule has 0 radical (unpaired) electrons. The first-order valence-electron chi connectivity index (χ1n) is 8.39. The van der Waals surface area contributed by atoms with Crippen molar-refractivity contribution in [1.82, 2.24) is 24.7 Å². The summed E-state index contributed by atoms with van der Waals surface area (Å²) in [6, 6.07) is 4.84. The molecule has 10 nitrogen and oxygen atoms in total. The number of aromatic nitrogens is 4. The number of anilines is 3. The number of hydrogen-bond acceptors (Lipinski definition) is 8. The molecule has 0 aromatic heterocycles. The zero-order valence-electron chi connectivity index (χ0n) is 14.5. The zero-order valence-corrected chi connectivity index (χ0v) is 15.4. The van der Waals surface area contributed by atoms with Gasteiger partial charge in [0, 0.05) is 13.1 Å². The topological polar surface area (TPSA) is 136 Å². The molecule has 142 valence electrons. The Morgan fingerprint density at radius 3 is 2.89 bits per heavy atom. The van der Waals surface area contributed by atoms with Crippen LogP contribution >= 0.6 is 0 Å². The molecule has 1 fully saturated rings. The molecule has 1 saturated heterocycles. The third-order valence-corrected chi connectivity index (χ3v) is 5.93. The number of imidazole rings is 1. The maximum Gasteiger partial charge on any atom is 0.240 e. The van der Waals surface area contributed by atoms with E-state index in [1.54, 1.807) is 18.2 Å². The minimum atomic E-state index is -3.60. The van der Waals surface area contributed by atoms with Gasteiger partial charge in [-0.1, -0.05) is 0 Å². The van der Waals surface area contributed by atoms with Gasteiger partial charge < -0.3 is 20.3 Å². The lowest BCUT2D eigenvalue weighted by Gasteiger charge is -2.23. The maximum atomic E-state index is 12.2. The number of aliphatic hydroxyl groups is 1. The minimum Gasteiger partial charge on any atom is -0.391 e. The van der Waals surface area contributed by atoms with E-state index < -0.39 is 16.1 Å². The summed E-state index contributed by atoms with van der Waals surface area (Å²) in [5.41, 5.74) is 1.92. The largest absolute Gasteiger partial charge is 0.391 e. The summed E-state index contributed by atoms with van der Waals surface area (Å²) in [4.78, 5) is 17.5. The number of nitrogens with zero attached hydrogens (tertiary/aromatic N) is 4. The molecule has 0 spiro atoms. The number of aliphatic hydroxyl groups excluding tert-OH is 1. The molecule has 0 bridgehead atoms. The van der Waals surface area contributed by atoms with Crippen LogP contribution in [0.2, 0.25) is 0 Å². The molecule has 1 aromatic carbocycles. The van der Waals surface area contributed by atoms with E-state index in [9.17, 15) is 13.5 Å². The zero-order chi connectivity index (χ0) is 19.0. The van der Waals surface area contributed by atoms with Gasteiger partial charge >= 0.3 is 0 Å². The van der Waals surface area contributed by atoms with Gasteiger partial charge in [0.2, 0.25) is 10.0 Å². The van der Waals surface area contributed by atoms with Crippen LogP contribution in [0.25, 0.3) is 11.5 Å². The highest BCUT2D eigenvalue weighted by Crippen LogP contribution is 2.35. The first kappa shape index (κ1) is 17.6. The Kier molecular flexibility index (Phi) is 4.42. The summed E-state index contributed by atoms with van der Waals surface area (Å²) in [5, 5.41) is 13.1. The van der Waals surface area contributed by atoms with Crippen LogP contribution in [0.5, 0.6) is 0 Å². The number of aromatic amines is 1. The van der Waals surface area contributed by atoms with E-state index in [0.717, 1.165) is 5.69 Å². The molecular formula is C16H19N7O3S. The van der Waals surface area contributed by atoms with E-state index in [1.807, 2.05) is 4.90 Å². The molecule has 0 amide bonds. The van der Waals surface area contributed by atoms with Crippen molar-refractivity contribution in [3.63, 3.8) is 0 Å². The number of nitrogens with one attached hydrogen (secondary N) is 3. The highest BCUT2D eigenvalue weighted by molar-refractivity contribution is 7.89. The molecular weight excluding hydrogens is 370 g/mol. The van der Waals surface area contributed by atoms with Crippen molar-refractivity contribution in [2.75, 3.05) is 30.4 Å². The molecule has 11 heteroatoms. The van der Waals surface area contributed by atoms with Gasteiger partial charge in [-0.15, -0.1) is 0 Å². The Balaban J connectivity index is 1.78. The Bertz CT molecular complexity index is 1040. The lowest BCUT2D eigenvalue weighted by Crippen LogP contribution is -2.23. The Labute approximate surface area is 156 Å². The highest BCUT2D eigenvalue weighted by Gasteiger charge is 2.25. The summed E-state index contributed by atoms with van der Waals surface area (Å²) in [6.45, 7) is 1.16. The number of fused-ring (bicyclic) bond motifs is 1. The SMILES string of the molecule is CNS(=O)(=O)c1ccc(N2CCC(O)C2)c(Nc2[nH]cnc3ncnc2-3)c1. The molecule has 3 aliphatic heterocycles. The third kappa shape index (κ3) is 3.31. The monoisotopic (exact) mass is 389 g/mol. The van der Waals surface area contributed by atoms with E-state index in [4.69, 9.17) is 0 Å². The Morgan fingerprint density at radius 1 is 1.30 bits per heavy atom. The molecule has 27 heavy (non-hydrogen) atoms. The molecule has 0 saturated carbocycles. The van der Waals surface area contributed by atoms with Gasteiger partial charge in [-0.25, -0.2) is 28.1 Å². The van der Waals surface area contributed by atoms with Gasteiger partial charge in [-0.2, -0.15) is 0 Å². The van der Waals surface area contributed by atoms with Crippen LogP contribution in [0.15, 0.2) is 35.7 Å². The van der Waals surface area contributed by atoms with Crippen LogP contribution in [0, 0.1) is 0 Å². The van der Waals surface area contributed by atoms with Gasteiger partial charge in [-0.05, 0) is 31.7 Å². The van der Waals surface area contributed by atoms with Crippen LogP contribution < -0.4 is 14.9 Å². The van der Waals surface area contributed by atoms with E-state index >= 15 is 0 Å². The highest BCUT2D eigenvalue weighted by atomic mass is 32.2. The van der Waals surface area contributed by atoms with Gasteiger partial charge in [0.05, 0.1) is 28.7 Å². The molecule has 0 aliphatic carbocycles. The normalized spacial score (nSPS) is 17.6. The number of hydrogen-bond donors (Lipinski definition) is 4. The predicted octanol–water partition coefficient (Wildman–Crippen LogP) is 0.527. The summed E-state index contributed by atoms with van der Waals surface area (Å²) in [7, 11) is -2.24. The van der Waals surface area contributed by atoms with Gasteiger partial charge in [0.1, 0.15) is 12.1 Å². The molecule has 1 atom stereocenters. The second-order valence-electron chi connectivity index (χ2n) is 6.22. The second-order valence-corrected chi connectivity index (χ2v) is 8.11. The van der Waals surface area contributed by atoms with Crippen molar-refractivity contribution >= 4 is 27.2 Å². The lowest BCUT2D eigenvalue weighted by molar-refractivity contribution is 0.198. The van der Waals surface area contributed by atoms with Crippen molar-refractivity contribution < 1.29 is 13.5 Å². The van der Waals surface area contributed by atoms with Crippen LogP contribution in [-0.4, -0.2) is 59.7 Å². The quantitative estimate of drug-likeness (QED) is 0.496. The van der Waals surface area contributed by atoms with Crippen molar-refractivity contribution in [3.05, 3.63) is 30.9 Å². The molecule has 1 unspecified atom stereocenters. The predicted molar refractivity (Wildman–Crippen MR) is 99.6 cm³/mol. The number of rotatable bonds is 5. The number of sulfonamides is 1. The van der Waals surface area contributed by atoms with E-state index in [1.165, 1.54) is 19.7 Å². The number of H-pyrrole nitrogens is 1. The minimum absolute atomic E-state index is 0.134. The van der Waals surface area contributed by atoms with E-state index in [0.29, 0.717) is 42.5 Å². The van der Waals surface area contributed by atoms with Crippen molar-refractivity contribution in [2.24, 2.45) is 0 Å². The van der Waals surface area contributed by atoms with Crippen LogP contribution in [0.3, 0.4) is 0 Å². The summed E-state index contributed by atoms with van der Waals surface area (Å²) in [6.07, 6.45) is 3.16. The first-order valence-corrected chi connectivity index (χ1v) is 9.88. The molecule has 4 rings (SSSR count). The summed E-state index contributed by atoms with van der Waals surface area (Å²) < 4.78 is 26.8. The average molecular weight is 389 g/mol. The maximum absolute atomic E-state index is 12.2. The van der Waals surface area contributed by atoms with Crippen LogP contribution in [-0.2, 0) is 10.0 Å². The van der Waals surface area contributed by atoms with Crippen molar-refractivity contribution in [2.45, 2.75) is 17.4 Å². The van der Waals surface area contributed by atoms with Crippen LogP contribution in [0.4, 0.5) is 17.2 Å². The Morgan fingerprint density at radius 2 is 2.15 bits per heavy atom. The van der Waals surface area contributed by atoms with E-state index in [2.05, 4.69) is 30.0 Å². The number of benzene rings is 1. The van der Waals surface area contributed by atoms with Crippen molar-refractivity contribution in [3.8, 4) is 11.5 Å². The first-order chi connectivity index (χ1) is 13.0. The third-order valence-electron chi connectivity index (χ3n) is 4.52. The molecule has 3 heterocycles. The van der Waals surface area contributed by atoms with Gasteiger partial charge in [0.15, 0.2) is 11.5 Å². The summed E-state index contributed by atoms with van der Waals surface area (Å²) >= 11 is 0. The fraction of sp³-hybridized carbons (Fsp3) is 0.312. The fourth-order valence-electron chi connectivity index (χ4n) is 3.12. The van der Waals surface area contributed by atoms with Gasteiger partial charge in [0.25, 0.3) is 0 Å². The van der Waals surface area contributed by atoms with E-state index in [-0.39, 0.29) is 4.90 Å². The van der Waals surface area contributed by atoms with Gasteiger partial charge in [-0.3, -0.25) is 0 Å². The number of β-amino-alcohol motifs (C(OH)–C–C–N with tert-alkyl or cyclic N) is 1. The van der Waals surface area contributed by atoms with Crippen molar-refractivity contribution in [1.29, 1.82) is 0 Å². The second kappa shape index (κ2) is 6.76. The molecule has 4 N–H and O–H groups in total. The standard InChI is InChI=1S/C16H19N7O3S/c1-17-27(25,26)11-2-3-13(23-5-4-10(24)7-23)12(6-11)22-16-14-15(19-8-18-14)20-9-21-16/h2-3,6,8-10,17,24H,4-5,7H2,1H3,(H2,18,19,20,21,22). The molecule has 3 aliphatic rings. The van der Waals surface area contributed by atoms with Crippen LogP contribution in [0.1, 0.15) is 6.42 Å². The lowest BCUT2D eigenvalue weighted by atomic mass is 10.2.